The number of nitrogens with one attached hydrogen (secondary N) is 1. The smallest absolute Gasteiger partial charge is 0.229 e. The minimum Gasteiger partial charge on any atom is -0.387 e. The lowest BCUT2D eigenvalue weighted by atomic mass is 9.91. The molecule has 5 aromatic rings. The van der Waals surface area contributed by atoms with Crippen LogP contribution in [0, 0.1) is 0 Å². The van der Waals surface area contributed by atoms with Gasteiger partial charge in [0.2, 0.25) is 11.8 Å². The third-order valence-corrected chi connectivity index (χ3v) is 8.98. The van der Waals surface area contributed by atoms with E-state index in [1.54, 1.807) is 10.9 Å². The number of fused-ring (bicyclic) bond motifs is 1. The molecule has 0 saturated carbocycles. The summed E-state index contributed by atoms with van der Waals surface area (Å²) in [6.07, 6.45) is -1.93. The fraction of sp³-hybridized carbons (Fsp3) is 0.438. The van der Waals surface area contributed by atoms with E-state index in [9.17, 15) is 10.2 Å². The van der Waals surface area contributed by atoms with Gasteiger partial charge in [-0.15, -0.1) is 10.2 Å². The van der Waals surface area contributed by atoms with Gasteiger partial charge in [0.05, 0.1) is 12.9 Å². The summed E-state index contributed by atoms with van der Waals surface area (Å²) in [4.78, 5) is 20.5. The Labute approximate surface area is 266 Å². The van der Waals surface area contributed by atoms with Gasteiger partial charge in [-0.1, -0.05) is 60.7 Å². The predicted octanol–water partition coefficient (Wildman–Crippen LogP) is 2.21. The zero-order valence-corrected chi connectivity index (χ0v) is 26.1. The summed E-state index contributed by atoms with van der Waals surface area (Å²) in [5, 5.41) is 38.1. The number of ether oxygens (including phenoxy) is 1. The van der Waals surface area contributed by atoms with Crippen LogP contribution in [0.2, 0.25) is 0 Å². The van der Waals surface area contributed by atoms with Crippen LogP contribution in [0.25, 0.3) is 11.2 Å². The van der Waals surface area contributed by atoms with Crippen molar-refractivity contribution in [3.63, 3.8) is 0 Å². The summed E-state index contributed by atoms with van der Waals surface area (Å²) in [5.41, 5.74) is 3.39. The number of imidazole rings is 1. The molecule has 0 aliphatic carbocycles. The van der Waals surface area contributed by atoms with Crippen LogP contribution in [0.3, 0.4) is 0 Å². The number of benzene rings is 2. The Bertz CT molecular complexity index is 1720. The van der Waals surface area contributed by atoms with Gasteiger partial charge in [-0.05, 0) is 43.8 Å². The van der Waals surface area contributed by atoms with Crippen LogP contribution in [0.1, 0.15) is 48.5 Å². The minimum atomic E-state index is -1.28. The van der Waals surface area contributed by atoms with Crippen LogP contribution < -0.4 is 10.2 Å². The molecule has 2 aliphatic rings. The Balaban J connectivity index is 1.25. The topological polar surface area (TPSA) is 155 Å². The van der Waals surface area contributed by atoms with Gasteiger partial charge in [0, 0.05) is 31.6 Å². The number of hydrogen-bond acceptors (Lipinski definition) is 12. The number of aliphatic hydroxyl groups is 2. The number of anilines is 2. The Morgan fingerprint density at radius 3 is 2.35 bits per heavy atom. The third-order valence-electron chi connectivity index (χ3n) is 8.98. The number of rotatable bonds is 10. The van der Waals surface area contributed by atoms with Gasteiger partial charge >= 0.3 is 0 Å². The minimum absolute atomic E-state index is 0.0581. The van der Waals surface area contributed by atoms with Crippen molar-refractivity contribution in [1.29, 1.82) is 0 Å². The second kappa shape index (κ2) is 12.7. The summed E-state index contributed by atoms with van der Waals surface area (Å²) in [5.74, 6) is 1.41. The molecule has 3 aromatic heterocycles. The first-order valence-corrected chi connectivity index (χ1v) is 15.7. The molecule has 2 aromatic carbocycles. The molecule has 5 heterocycles. The molecule has 14 nitrogen and oxygen atoms in total. The van der Waals surface area contributed by atoms with Crippen molar-refractivity contribution in [2.24, 2.45) is 0 Å². The number of aromatic nitrogens is 8. The van der Waals surface area contributed by atoms with Crippen LogP contribution in [-0.2, 0) is 11.3 Å². The summed E-state index contributed by atoms with van der Waals surface area (Å²) < 4.78 is 7.86. The van der Waals surface area contributed by atoms with Crippen molar-refractivity contribution in [3.8, 4) is 0 Å². The highest BCUT2D eigenvalue weighted by atomic mass is 16.6. The molecule has 14 heteroatoms. The molecular formula is C32H39N11O3. The fourth-order valence-corrected chi connectivity index (χ4v) is 6.30. The number of nitrogens with zero attached hydrogens (tertiary/aromatic N) is 10. The van der Waals surface area contributed by atoms with Crippen molar-refractivity contribution in [1.82, 2.24) is 44.6 Å². The van der Waals surface area contributed by atoms with Gasteiger partial charge < -0.3 is 30.1 Å². The quantitative estimate of drug-likeness (QED) is 0.208. The molecule has 2 saturated heterocycles. The molecule has 240 valence electrons. The normalized spacial score (nSPS) is 23.3. The third kappa shape index (κ3) is 5.68. The summed E-state index contributed by atoms with van der Waals surface area (Å²) in [7, 11) is 4.17. The van der Waals surface area contributed by atoms with Gasteiger partial charge in [-0.25, -0.2) is 4.98 Å². The predicted molar refractivity (Wildman–Crippen MR) is 171 cm³/mol. The van der Waals surface area contributed by atoms with Gasteiger partial charge in [-0.2, -0.15) is 14.8 Å². The lowest BCUT2D eigenvalue weighted by Gasteiger charge is -2.23. The Hall–Kier alpha value is -4.50. The number of hydrogen-bond donors (Lipinski definition) is 3. The van der Waals surface area contributed by atoms with Crippen LogP contribution in [0.15, 0.2) is 67.0 Å². The first-order valence-electron chi connectivity index (χ1n) is 15.7. The van der Waals surface area contributed by atoms with E-state index in [2.05, 4.69) is 93.2 Å². The molecule has 46 heavy (non-hydrogen) atoms. The first kappa shape index (κ1) is 30.2. The molecular weight excluding hydrogens is 586 g/mol. The van der Waals surface area contributed by atoms with Crippen molar-refractivity contribution in [2.45, 2.75) is 56.4 Å². The Morgan fingerprint density at radius 1 is 1.00 bits per heavy atom. The summed E-state index contributed by atoms with van der Waals surface area (Å²) >= 11 is 0. The van der Waals surface area contributed by atoms with Crippen molar-refractivity contribution < 1.29 is 14.9 Å². The zero-order valence-electron chi connectivity index (χ0n) is 26.1. The second-order valence-corrected chi connectivity index (χ2v) is 12.1. The largest absolute Gasteiger partial charge is 0.387 e. The van der Waals surface area contributed by atoms with E-state index >= 15 is 0 Å². The van der Waals surface area contributed by atoms with Crippen molar-refractivity contribution in [3.05, 3.63) is 83.9 Å². The maximum Gasteiger partial charge on any atom is 0.229 e. The molecule has 5 atom stereocenters. The van der Waals surface area contributed by atoms with Crippen LogP contribution in [0.5, 0.6) is 0 Å². The molecule has 0 radical (unpaired) electrons. The van der Waals surface area contributed by atoms with Gasteiger partial charge in [0.25, 0.3) is 0 Å². The maximum atomic E-state index is 11.2. The standard InChI is InChI=1S/C32H39N11O3/c1-4-43-38-29(37-39-43)27-25(44)26(45)31(46-27)42-19-34-24-28(35-32(36-30(24)42)41-16-15-22(18-41)40(2)3)33-17-23(20-11-7-5-8-12-20)21-13-9-6-10-14-21/h5-14,19,22-23,25-27,31,44-45H,4,15-18H2,1-3H3,(H,33,35,36)/t22-,25+,26-,27+,31-/m1/s1. The fourth-order valence-electron chi connectivity index (χ4n) is 6.30. The highest BCUT2D eigenvalue weighted by Gasteiger charge is 2.47. The average Bonchev–Trinajstić information content (AvgIpc) is 3.89. The molecule has 0 amide bonds. The molecule has 0 bridgehead atoms. The molecule has 2 aliphatic heterocycles. The number of aliphatic hydroxyl groups excluding tert-OH is 2. The molecule has 2 fully saturated rings. The zero-order chi connectivity index (χ0) is 31.8. The second-order valence-electron chi connectivity index (χ2n) is 12.1. The van der Waals surface area contributed by atoms with Gasteiger partial charge in [0.15, 0.2) is 29.3 Å². The van der Waals surface area contributed by atoms with E-state index < -0.39 is 24.5 Å². The number of tetrazole rings is 1. The molecule has 0 unspecified atom stereocenters. The Morgan fingerprint density at radius 2 is 1.72 bits per heavy atom. The van der Waals surface area contributed by atoms with Gasteiger partial charge in [0.1, 0.15) is 12.2 Å². The number of aryl methyl sites for hydroxylation is 1. The monoisotopic (exact) mass is 625 g/mol. The lowest BCUT2D eigenvalue weighted by molar-refractivity contribution is -0.0384. The van der Waals surface area contributed by atoms with Crippen LogP contribution >= 0.6 is 0 Å². The summed E-state index contributed by atoms with van der Waals surface area (Å²) in [6, 6.07) is 21.2. The van der Waals surface area contributed by atoms with E-state index in [-0.39, 0.29) is 11.7 Å². The van der Waals surface area contributed by atoms with E-state index in [4.69, 9.17) is 19.7 Å². The molecule has 0 spiro atoms. The lowest BCUT2D eigenvalue weighted by Crippen LogP contribution is -2.32. The number of likely N-dealkylation sites (N-methyl/N-ethyl adjacent to an activating group) is 1. The van der Waals surface area contributed by atoms with Crippen molar-refractivity contribution >= 4 is 22.9 Å². The highest BCUT2D eigenvalue weighted by Crippen LogP contribution is 2.39. The highest BCUT2D eigenvalue weighted by molar-refractivity contribution is 5.84. The Kier molecular flexibility index (Phi) is 8.34. The van der Waals surface area contributed by atoms with Gasteiger partial charge in [-0.3, -0.25) is 4.57 Å². The summed E-state index contributed by atoms with van der Waals surface area (Å²) in [6.45, 7) is 4.56. The van der Waals surface area contributed by atoms with E-state index in [0.717, 1.165) is 19.5 Å². The first-order chi connectivity index (χ1) is 22.4. The van der Waals surface area contributed by atoms with E-state index in [0.29, 0.717) is 42.1 Å². The average molecular weight is 626 g/mol. The maximum absolute atomic E-state index is 11.2. The SMILES string of the molecule is CCn1nnc([C@H]2O[C@@H](n3cnc4c(NCC(c5ccccc5)c5ccccc5)nc(N5CC[C@@H](N(C)C)C5)nc43)[C@H](O)[C@@H]2O)n1. The van der Waals surface area contributed by atoms with E-state index in [1.807, 2.05) is 19.1 Å². The van der Waals surface area contributed by atoms with Crippen molar-refractivity contribution in [2.75, 3.05) is 43.9 Å². The van der Waals surface area contributed by atoms with Crippen LogP contribution in [-0.4, -0.2) is 107 Å². The molecule has 7 rings (SSSR count). The molecule has 3 N–H and O–H groups in total. The van der Waals surface area contributed by atoms with Crippen LogP contribution in [0.4, 0.5) is 11.8 Å². The van der Waals surface area contributed by atoms with E-state index in [1.165, 1.54) is 15.9 Å².